The van der Waals surface area contributed by atoms with Crippen molar-refractivity contribution in [2.75, 3.05) is 11.5 Å². The second kappa shape index (κ2) is 8.59. The first-order chi connectivity index (χ1) is 16.8. The summed E-state index contributed by atoms with van der Waals surface area (Å²) < 4.78 is 24.8. The number of carbonyl (C=O) groups excluding carboxylic acids is 2. The van der Waals surface area contributed by atoms with Gasteiger partial charge in [-0.1, -0.05) is 47.8 Å². The van der Waals surface area contributed by atoms with Gasteiger partial charge >= 0.3 is 5.97 Å². The van der Waals surface area contributed by atoms with Gasteiger partial charge in [-0.15, -0.1) is 0 Å². The minimum atomic E-state index is -0.915. The van der Waals surface area contributed by atoms with Gasteiger partial charge in [-0.25, -0.2) is 14.2 Å². The number of amides is 1. The number of benzene rings is 2. The Bertz CT molecular complexity index is 1570. The van der Waals surface area contributed by atoms with Gasteiger partial charge in [0.2, 0.25) is 5.76 Å². The van der Waals surface area contributed by atoms with Crippen LogP contribution in [0.15, 0.2) is 64.3 Å². The number of halogens is 1. The number of anilines is 1. The van der Waals surface area contributed by atoms with Crippen LogP contribution in [0.5, 0.6) is 0 Å². The zero-order valence-electron chi connectivity index (χ0n) is 18.8. The Labute approximate surface area is 203 Å². The van der Waals surface area contributed by atoms with Crippen molar-refractivity contribution in [2.24, 2.45) is 0 Å². The number of carbonyl (C=O) groups is 2. The Balaban J connectivity index is 1.72. The monoisotopic (exact) mass is 490 g/mol. The van der Waals surface area contributed by atoms with Crippen LogP contribution in [0.25, 0.3) is 11.0 Å². The van der Waals surface area contributed by atoms with E-state index in [0.29, 0.717) is 16.6 Å². The molecule has 35 heavy (non-hydrogen) atoms. The molecule has 0 saturated carbocycles. The van der Waals surface area contributed by atoms with Gasteiger partial charge in [0.15, 0.2) is 10.6 Å². The van der Waals surface area contributed by atoms with Gasteiger partial charge in [-0.2, -0.15) is 0 Å². The lowest BCUT2D eigenvalue weighted by atomic mass is 9.98. The van der Waals surface area contributed by atoms with Gasteiger partial charge in [0.25, 0.3) is 5.91 Å². The van der Waals surface area contributed by atoms with Crippen LogP contribution in [-0.4, -0.2) is 23.5 Å². The number of hydrogen-bond donors (Lipinski definition) is 0. The van der Waals surface area contributed by atoms with Crippen molar-refractivity contribution in [3.8, 4) is 0 Å². The summed E-state index contributed by atoms with van der Waals surface area (Å²) >= 11 is 0.971. The van der Waals surface area contributed by atoms with Crippen molar-refractivity contribution in [3.63, 3.8) is 0 Å². The minimum absolute atomic E-state index is 0.0300. The number of rotatable bonds is 5. The van der Waals surface area contributed by atoms with Crippen molar-refractivity contribution in [1.82, 2.24) is 4.98 Å². The second-order valence-electron chi connectivity index (χ2n) is 8.10. The first-order valence-corrected chi connectivity index (χ1v) is 11.5. The molecule has 1 aliphatic rings. The molecule has 1 atom stereocenters. The molecule has 9 heteroatoms. The molecule has 2 aromatic heterocycles. The van der Waals surface area contributed by atoms with E-state index in [1.807, 2.05) is 6.92 Å². The third-order valence-corrected chi connectivity index (χ3v) is 6.86. The molecule has 0 spiro atoms. The van der Waals surface area contributed by atoms with E-state index in [-0.39, 0.29) is 39.0 Å². The topological polar surface area (TPSA) is 89.7 Å². The molecular formula is C26H19FN2O5S. The number of thiazole rings is 1. The Hall–Kier alpha value is -4.11. The van der Waals surface area contributed by atoms with Crippen molar-refractivity contribution in [3.05, 3.63) is 104 Å². The van der Waals surface area contributed by atoms with Crippen LogP contribution in [0, 0.1) is 19.7 Å². The molecule has 0 N–H and O–H groups in total. The zero-order chi connectivity index (χ0) is 24.9. The van der Waals surface area contributed by atoms with Crippen molar-refractivity contribution in [2.45, 2.75) is 19.9 Å². The smallest absolute Gasteiger partial charge is 0.350 e. The quantitative estimate of drug-likeness (QED) is 0.286. The first kappa shape index (κ1) is 22.7. The average molecular weight is 491 g/mol. The molecule has 5 rings (SSSR count). The van der Waals surface area contributed by atoms with Crippen molar-refractivity contribution < 1.29 is 23.1 Å². The molecule has 7 nitrogen and oxygen atoms in total. The Morgan fingerprint density at radius 3 is 2.69 bits per heavy atom. The van der Waals surface area contributed by atoms with Gasteiger partial charge in [-0.3, -0.25) is 14.5 Å². The third kappa shape index (κ3) is 3.74. The molecule has 0 aliphatic carbocycles. The van der Waals surface area contributed by atoms with E-state index in [0.717, 1.165) is 16.9 Å². The fraction of sp³-hybridized carbons (Fsp3) is 0.154. The highest BCUT2D eigenvalue weighted by Crippen LogP contribution is 2.43. The van der Waals surface area contributed by atoms with E-state index < -0.39 is 23.7 Å². The molecule has 0 fully saturated rings. The number of nitrogens with zero attached hydrogens (tertiary/aromatic N) is 2. The maximum absolute atomic E-state index is 13.7. The molecule has 0 saturated heterocycles. The summed E-state index contributed by atoms with van der Waals surface area (Å²) in [7, 11) is 0. The normalized spacial score (nSPS) is 14.9. The SMILES string of the molecule is C=CCOC(=O)c1sc(N2C(=O)c3oc4ccc(C)cc4c(=O)c3[C@@H]2c2ccc(F)cc2)nc1C. The number of ether oxygens (including phenoxy) is 1. The van der Waals surface area contributed by atoms with Gasteiger partial charge in [-0.05, 0) is 43.7 Å². The third-order valence-electron chi connectivity index (χ3n) is 5.72. The number of hydrogen-bond acceptors (Lipinski definition) is 7. The Kier molecular flexibility index (Phi) is 5.56. The summed E-state index contributed by atoms with van der Waals surface area (Å²) in [5.74, 6) is -1.73. The van der Waals surface area contributed by atoms with E-state index in [9.17, 15) is 18.8 Å². The largest absolute Gasteiger partial charge is 0.457 e. The summed E-state index contributed by atoms with van der Waals surface area (Å²) in [4.78, 5) is 45.7. The molecule has 2 aromatic carbocycles. The zero-order valence-corrected chi connectivity index (χ0v) is 19.6. The van der Waals surface area contributed by atoms with Gasteiger partial charge in [0, 0.05) is 0 Å². The van der Waals surface area contributed by atoms with Gasteiger partial charge < -0.3 is 9.15 Å². The van der Waals surface area contributed by atoms with E-state index in [1.54, 1.807) is 25.1 Å². The van der Waals surface area contributed by atoms with Crippen LogP contribution < -0.4 is 10.3 Å². The van der Waals surface area contributed by atoms with Crippen LogP contribution >= 0.6 is 11.3 Å². The van der Waals surface area contributed by atoms with E-state index in [2.05, 4.69) is 11.6 Å². The Morgan fingerprint density at radius 2 is 1.97 bits per heavy atom. The van der Waals surface area contributed by atoms with E-state index in [4.69, 9.17) is 9.15 Å². The van der Waals surface area contributed by atoms with Crippen LogP contribution in [0.4, 0.5) is 9.52 Å². The maximum atomic E-state index is 13.7. The molecule has 4 aromatic rings. The fourth-order valence-corrected chi connectivity index (χ4v) is 5.11. The average Bonchev–Trinajstić information content (AvgIpc) is 3.36. The summed E-state index contributed by atoms with van der Waals surface area (Å²) in [5.41, 5.74) is 1.82. The highest BCUT2D eigenvalue weighted by atomic mass is 32.1. The molecule has 0 bridgehead atoms. The van der Waals surface area contributed by atoms with Crippen molar-refractivity contribution >= 4 is 39.3 Å². The molecule has 176 valence electrons. The van der Waals surface area contributed by atoms with Crippen LogP contribution in [0.3, 0.4) is 0 Å². The number of aryl methyl sites for hydroxylation is 2. The Morgan fingerprint density at radius 1 is 1.23 bits per heavy atom. The van der Waals surface area contributed by atoms with Gasteiger partial charge in [0.1, 0.15) is 22.9 Å². The number of esters is 1. The lowest BCUT2D eigenvalue weighted by Gasteiger charge is -2.22. The molecule has 1 aliphatic heterocycles. The molecule has 3 heterocycles. The van der Waals surface area contributed by atoms with E-state index in [1.165, 1.54) is 35.2 Å². The predicted molar refractivity (Wildman–Crippen MR) is 130 cm³/mol. The summed E-state index contributed by atoms with van der Waals surface area (Å²) in [6, 6.07) is 9.76. The summed E-state index contributed by atoms with van der Waals surface area (Å²) in [6.07, 6.45) is 1.45. The molecule has 1 amide bonds. The van der Waals surface area contributed by atoms with Crippen LogP contribution in [0.2, 0.25) is 0 Å². The molecular weight excluding hydrogens is 471 g/mol. The number of aromatic nitrogens is 1. The molecule has 0 unspecified atom stereocenters. The standard InChI is InChI=1S/C26H19FN2O5S/c1-4-11-33-25(32)23-14(3)28-26(35-23)29-20(15-6-8-16(27)9-7-15)19-21(30)17-12-13(2)5-10-18(17)34-22(19)24(29)31/h4-10,12,20H,1,11H2,2-3H3/t20-/m0/s1. The highest BCUT2D eigenvalue weighted by Gasteiger charge is 2.45. The summed E-state index contributed by atoms with van der Waals surface area (Å²) in [6.45, 7) is 7.04. The lowest BCUT2D eigenvalue weighted by molar-refractivity contribution is 0.0554. The predicted octanol–water partition coefficient (Wildman–Crippen LogP) is 5.10. The van der Waals surface area contributed by atoms with Crippen LogP contribution in [0.1, 0.15) is 48.7 Å². The maximum Gasteiger partial charge on any atom is 0.350 e. The highest BCUT2D eigenvalue weighted by molar-refractivity contribution is 7.17. The number of fused-ring (bicyclic) bond motifs is 2. The minimum Gasteiger partial charge on any atom is -0.457 e. The molecule has 0 radical (unpaired) electrons. The van der Waals surface area contributed by atoms with E-state index >= 15 is 0 Å². The van der Waals surface area contributed by atoms with Crippen molar-refractivity contribution in [1.29, 1.82) is 0 Å². The lowest BCUT2D eigenvalue weighted by Crippen LogP contribution is -2.29. The first-order valence-electron chi connectivity index (χ1n) is 10.7. The second-order valence-corrected chi connectivity index (χ2v) is 9.08. The van der Waals surface area contributed by atoms with Crippen LogP contribution in [-0.2, 0) is 4.74 Å². The van der Waals surface area contributed by atoms with Gasteiger partial charge in [0.05, 0.1) is 22.7 Å². The summed E-state index contributed by atoms with van der Waals surface area (Å²) in [5, 5.41) is 0.535. The fourth-order valence-electron chi connectivity index (χ4n) is 4.12.